The molecular formula is C12H26N2O2S. The van der Waals surface area contributed by atoms with Gasteiger partial charge in [0.1, 0.15) is 0 Å². The van der Waals surface area contributed by atoms with Gasteiger partial charge in [0.05, 0.1) is 5.75 Å². The van der Waals surface area contributed by atoms with Gasteiger partial charge in [-0.1, -0.05) is 6.92 Å². The summed E-state index contributed by atoms with van der Waals surface area (Å²) >= 11 is 0. The van der Waals surface area contributed by atoms with E-state index in [0.29, 0.717) is 24.0 Å². The molecular weight excluding hydrogens is 236 g/mol. The van der Waals surface area contributed by atoms with Gasteiger partial charge in [0.15, 0.2) is 9.84 Å². The summed E-state index contributed by atoms with van der Waals surface area (Å²) in [5.41, 5.74) is 5.88. The number of rotatable bonds is 6. The molecule has 0 radical (unpaired) electrons. The number of sulfone groups is 1. The van der Waals surface area contributed by atoms with Crippen molar-refractivity contribution in [1.82, 2.24) is 4.90 Å². The molecule has 2 N–H and O–H groups in total. The Labute approximate surface area is 105 Å². The maximum Gasteiger partial charge on any atom is 0.151 e. The van der Waals surface area contributed by atoms with E-state index in [1.54, 1.807) is 0 Å². The first kappa shape index (κ1) is 14.9. The van der Waals surface area contributed by atoms with E-state index in [1.165, 1.54) is 0 Å². The second-order valence-corrected chi connectivity index (χ2v) is 7.49. The fraction of sp³-hybridized carbons (Fsp3) is 1.00. The molecule has 4 nitrogen and oxygen atoms in total. The van der Waals surface area contributed by atoms with Gasteiger partial charge in [-0.05, 0) is 45.2 Å². The minimum absolute atomic E-state index is 0.265. The third-order valence-electron chi connectivity index (χ3n) is 3.61. The van der Waals surface area contributed by atoms with E-state index in [2.05, 4.69) is 11.8 Å². The normalized spacial score (nSPS) is 21.6. The van der Waals surface area contributed by atoms with Crippen LogP contribution in [0.4, 0.5) is 0 Å². The van der Waals surface area contributed by atoms with E-state index in [4.69, 9.17) is 5.73 Å². The first-order valence-electron chi connectivity index (χ1n) is 6.63. The van der Waals surface area contributed by atoms with Crippen molar-refractivity contribution in [3.8, 4) is 0 Å². The molecule has 0 aromatic rings. The van der Waals surface area contributed by atoms with Gasteiger partial charge < -0.3 is 10.6 Å². The fourth-order valence-corrected chi connectivity index (χ4v) is 3.75. The average Bonchev–Trinajstić information content (AvgIpc) is 2.27. The summed E-state index contributed by atoms with van der Waals surface area (Å²) in [5, 5.41) is 0. The Morgan fingerprint density at radius 2 is 1.88 bits per heavy atom. The van der Waals surface area contributed by atoms with Crippen molar-refractivity contribution in [2.75, 3.05) is 31.1 Å². The molecule has 1 aliphatic rings. The standard InChI is InChI=1S/C12H26N2O2S/c1-3-9-17(15,16)10-8-14-6-4-12(5-7-14)11(2)13/h11-12H,3-10,13H2,1-2H3. The highest BCUT2D eigenvalue weighted by Crippen LogP contribution is 2.19. The summed E-state index contributed by atoms with van der Waals surface area (Å²) in [6.45, 7) is 6.65. The quantitative estimate of drug-likeness (QED) is 0.771. The minimum atomic E-state index is -2.83. The molecule has 1 aliphatic heterocycles. The van der Waals surface area contributed by atoms with Crippen LogP contribution in [0, 0.1) is 5.92 Å². The van der Waals surface area contributed by atoms with Gasteiger partial charge in [0.25, 0.3) is 0 Å². The highest BCUT2D eigenvalue weighted by Gasteiger charge is 2.22. The summed E-state index contributed by atoms with van der Waals surface area (Å²) in [6, 6.07) is 0.265. The van der Waals surface area contributed by atoms with E-state index in [1.807, 2.05) is 6.92 Å². The molecule has 0 aromatic heterocycles. The lowest BCUT2D eigenvalue weighted by Gasteiger charge is -2.33. The first-order chi connectivity index (χ1) is 7.94. The average molecular weight is 262 g/mol. The van der Waals surface area contributed by atoms with E-state index in [9.17, 15) is 8.42 Å². The molecule has 0 saturated carbocycles. The van der Waals surface area contributed by atoms with Crippen LogP contribution in [0.3, 0.4) is 0 Å². The Hall–Kier alpha value is -0.130. The van der Waals surface area contributed by atoms with Crippen LogP contribution < -0.4 is 5.73 Å². The molecule has 1 atom stereocenters. The molecule has 0 amide bonds. The van der Waals surface area contributed by atoms with Crippen LogP contribution in [-0.4, -0.2) is 50.5 Å². The summed E-state index contributed by atoms with van der Waals surface area (Å²) < 4.78 is 23.2. The predicted molar refractivity (Wildman–Crippen MR) is 71.8 cm³/mol. The zero-order chi connectivity index (χ0) is 12.9. The van der Waals surface area contributed by atoms with Crippen LogP contribution in [-0.2, 0) is 9.84 Å². The number of nitrogens with zero attached hydrogens (tertiary/aromatic N) is 1. The molecule has 0 aliphatic carbocycles. The van der Waals surface area contributed by atoms with Crippen LogP contribution in [0.15, 0.2) is 0 Å². The smallest absolute Gasteiger partial charge is 0.151 e. The topological polar surface area (TPSA) is 63.4 Å². The van der Waals surface area contributed by atoms with Gasteiger partial charge in [0, 0.05) is 18.3 Å². The van der Waals surface area contributed by atoms with Crippen LogP contribution in [0.5, 0.6) is 0 Å². The third kappa shape index (κ3) is 5.36. The lowest BCUT2D eigenvalue weighted by molar-refractivity contribution is 0.180. The third-order valence-corrected chi connectivity index (χ3v) is 5.44. The lowest BCUT2D eigenvalue weighted by atomic mass is 9.91. The number of nitrogens with two attached hydrogens (primary N) is 1. The molecule has 1 rings (SSSR count). The van der Waals surface area contributed by atoms with Crippen LogP contribution in [0.25, 0.3) is 0 Å². The Morgan fingerprint density at radius 1 is 1.29 bits per heavy atom. The second kappa shape index (κ2) is 6.71. The molecule has 1 saturated heterocycles. The van der Waals surface area contributed by atoms with Crippen molar-refractivity contribution in [2.45, 2.75) is 39.2 Å². The summed E-state index contributed by atoms with van der Waals surface area (Å²) in [6.07, 6.45) is 2.92. The summed E-state index contributed by atoms with van der Waals surface area (Å²) in [5.74, 6) is 1.24. The van der Waals surface area contributed by atoms with E-state index >= 15 is 0 Å². The number of piperidine rings is 1. The van der Waals surface area contributed by atoms with E-state index < -0.39 is 9.84 Å². The monoisotopic (exact) mass is 262 g/mol. The van der Waals surface area contributed by atoms with Gasteiger partial charge in [-0.2, -0.15) is 0 Å². The summed E-state index contributed by atoms with van der Waals surface area (Å²) in [7, 11) is -2.83. The highest BCUT2D eigenvalue weighted by atomic mass is 32.2. The molecule has 1 fully saturated rings. The number of likely N-dealkylation sites (tertiary alicyclic amines) is 1. The SMILES string of the molecule is CCCS(=O)(=O)CCN1CCC(C(C)N)CC1. The van der Waals surface area contributed by atoms with Crippen LogP contribution in [0.1, 0.15) is 33.1 Å². The largest absolute Gasteiger partial charge is 0.328 e. The van der Waals surface area contributed by atoms with Crippen molar-refractivity contribution in [1.29, 1.82) is 0 Å². The zero-order valence-electron chi connectivity index (χ0n) is 11.1. The lowest BCUT2D eigenvalue weighted by Crippen LogP contribution is -2.41. The van der Waals surface area contributed by atoms with Gasteiger partial charge >= 0.3 is 0 Å². The van der Waals surface area contributed by atoms with Crippen molar-refractivity contribution >= 4 is 9.84 Å². The Kier molecular flexibility index (Phi) is 5.89. The number of hydrogen-bond donors (Lipinski definition) is 1. The molecule has 5 heteroatoms. The van der Waals surface area contributed by atoms with Gasteiger partial charge in [-0.3, -0.25) is 0 Å². The highest BCUT2D eigenvalue weighted by molar-refractivity contribution is 7.91. The van der Waals surface area contributed by atoms with Crippen molar-refractivity contribution in [3.63, 3.8) is 0 Å². The Morgan fingerprint density at radius 3 is 2.35 bits per heavy atom. The fourth-order valence-electron chi connectivity index (χ4n) is 2.38. The molecule has 17 heavy (non-hydrogen) atoms. The molecule has 0 aromatic carbocycles. The van der Waals surface area contributed by atoms with Crippen LogP contribution in [0.2, 0.25) is 0 Å². The van der Waals surface area contributed by atoms with Crippen molar-refractivity contribution in [2.24, 2.45) is 11.7 Å². The van der Waals surface area contributed by atoms with Crippen molar-refractivity contribution < 1.29 is 8.42 Å². The molecule has 102 valence electrons. The number of hydrogen-bond acceptors (Lipinski definition) is 4. The molecule has 1 heterocycles. The Balaban J connectivity index is 2.27. The summed E-state index contributed by atoms with van der Waals surface area (Å²) in [4.78, 5) is 2.26. The van der Waals surface area contributed by atoms with E-state index in [0.717, 1.165) is 32.4 Å². The maximum atomic E-state index is 11.6. The molecule has 1 unspecified atom stereocenters. The van der Waals surface area contributed by atoms with Gasteiger partial charge in [-0.15, -0.1) is 0 Å². The molecule has 0 bridgehead atoms. The van der Waals surface area contributed by atoms with Gasteiger partial charge in [0.2, 0.25) is 0 Å². The van der Waals surface area contributed by atoms with Gasteiger partial charge in [-0.25, -0.2) is 8.42 Å². The second-order valence-electron chi connectivity index (χ2n) is 5.19. The maximum absolute atomic E-state index is 11.6. The Bertz CT molecular complexity index is 306. The van der Waals surface area contributed by atoms with E-state index in [-0.39, 0.29) is 6.04 Å². The first-order valence-corrected chi connectivity index (χ1v) is 8.45. The van der Waals surface area contributed by atoms with Crippen LogP contribution >= 0.6 is 0 Å². The predicted octanol–water partition coefficient (Wildman–Crippen LogP) is 0.870. The minimum Gasteiger partial charge on any atom is -0.328 e. The van der Waals surface area contributed by atoms with Crippen molar-refractivity contribution in [3.05, 3.63) is 0 Å². The zero-order valence-corrected chi connectivity index (χ0v) is 11.9. The molecule has 0 spiro atoms.